The van der Waals surface area contributed by atoms with Gasteiger partial charge in [0.25, 0.3) is 0 Å². The highest BCUT2D eigenvalue weighted by Gasteiger charge is 2.40. The maximum Gasteiger partial charge on any atom is 0.0616 e. The molecule has 0 amide bonds. The van der Waals surface area contributed by atoms with Crippen LogP contribution in [0, 0.1) is 5.41 Å². The maximum absolute atomic E-state index is 5.83. The summed E-state index contributed by atoms with van der Waals surface area (Å²) in [5, 5.41) is 3.55. The molecule has 0 radical (unpaired) electrons. The quantitative estimate of drug-likeness (QED) is 0.584. The molecule has 0 aliphatic carbocycles. The molecule has 2 atom stereocenters. The van der Waals surface area contributed by atoms with E-state index in [9.17, 15) is 0 Å². The van der Waals surface area contributed by atoms with Gasteiger partial charge >= 0.3 is 0 Å². The van der Waals surface area contributed by atoms with Crippen molar-refractivity contribution in [3.05, 3.63) is 0 Å². The van der Waals surface area contributed by atoms with E-state index in [1.165, 1.54) is 44.9 Å². The maximum atomic E-state index is 5.83. The van der Waals surface area contributed by atoms with Crippen LogP contribution in [0.3, 0.4) is 0 Å². The second-order valence-corrected chi connectivity index (χ2v) is 5.96. The first kappa shape index (κ1) is 16.9. The van der Waals surface area contributed by atoms with E-state index in [2.05, 4.69) is 19.2 Å². The third kappa shape index (κ3) is 5.80. The van der Waals surface area contributed by atoms with E-state index in [1.54, 1.807) is 7.11 Å². The summed E-state index contributed by atoms with van der Waals surface area (Å²) in [6.07, 6.45) is 9.72. The van der Waals surface area contributed by atoms with Gasteiger partial charge in [0, 0.05) is 32.2 Å². The molecular weight excluding hydrogens is 238 g/mol. The molecule has 1 aliphatic heterocycles. The van der Waals surface area contributed by atoms with Crippen molar-refractivity contribution < 1.29 is 9.47 Å². The topological polar surface area (TPSA) is 30.5 Å². The highest BCUT2D eigenvalue weighted by atomic mass is 16.5. The predicted octanol–water partition coefficient (Wildman–Crippen LogP) is 3.38. The minimum absolute atomic E-state index is 0.361. The van der Waals surface area contributed by atoms with Crippen LogP contribution in [0.25, 0.3) is 0 Å². The fourth-order valence-corrected chi connectivity index (χ4v) is 3.06. The van der Waals surface area contributed by atoms with Crippen molar-refractivity contribution in [1.29, 1.82) is 0 Å². The number of ether oxygens (including phenoxy) is 2. The van der Waals surface area contributed by atoms with Gasteiger partial charge in [0.05, 0.1) is 12.7 Å². The van der Waals surface area contributed by atoms with Gasteiger partial charge in [0.2, 0.25) is 0 Å². The lowest BCUT2D eigenvalue weighted by atomic mass is 9.77. The van der Waals surface area contributed by atoms with Crippen molar-refractivity contribution in [3.8, 4) is 0 Å². The van der Waals surface area contributed by atoms with E-state index in [0.29, 0.717) is 11.5 Å². The number of hydrogen-bond acceptors (Lipinski definition) is 3. The monoisotopic (exact) mass is 271 g/mol. The molecule has 1 fully saturated rings. The molecule has 19 heavy (non-hydrogen) atoms. The van der Waals surface area contributed by atoms with Crippen LogP contribution in [-0.2, 0) is 9.47 Å². The summed E-state index contributed by atoms with van der Waals surface area (Å²) < 4.78 is 10.9. The molecule has 0 aromatic heterocycles. The van der Waals surface area contributed by atoms with Gasteiger partial charge in [-0.1, -0.05) is 39.0 Å². The van der Waals surface area contributed by atoms with E-state index in [1.807, 2.05) is 0 Å². The fourth-order valence-electron chi connectivity index (χ4n) is 3.06. The Morgan fingerprint density at radius 2 is 2.05 bits per heavy atom. The lowest BCUT2D eigenvalue weighted by molar-refractivity contribution is 0.0559. The largest absolute Gasteiger partial charge is 0.383 e. The highest BCUT2D eigenvalue weighted by Crippen LogP contribution is 2.39. The van der Waals surface area contributed by atoms with Crippen molar-refractivity contribution in [2.45, 2.75) is 64.9 Å². The normalized spacial score (nSPS) is 27.0. The zero-order chi connectivity index (χ0) is 14.0. The van der Waals surface area contributed by atoms with Crippen LogP contribution in [-0.4, -0.2) is 39.5 Å². The van der Waals surface area contributed by atoms with Crippen LogP contribution in [0.2, 0.25) is 0 Å². The van der Waals surface area contributed by atoms with Crippen LogP contribution in [0.15, 0.2) is 0 Å². The van der Waals surface area contributed by atoms with Crippen molar-refractivity contribution >= 4 is 0 Å². The average molecular weight is 271 g/mol. The highest BCUT2D eigenvalue weighted by molar-refractivity contribution is 4.91. The zero-order valence-electron chi connectivity index (χ0n) is 13.2. The number of unbranched alkanes of at least 4 members (excludes halogenated alkanes) is 4. The average Bonchev–Trinajstić information content (AvgIpc) is 2.77. The number of nitrogens with one attached hydrogen (secondary N) is 1. The molecule has 1 saturated heterocycles. The van der Waals surface area contributed by atoms with Gasteiger partial charge in [-0.15, -0.1) is 0 Å². The molecule has 1 aliphatic rings. The molecule has 0 saturated carbocycles. The summed E-state index contributed by atoms with van der Waals surface area (Å²) in [5.74, 6) is 0. The second kappa shape index (κ2) is 9.73. The minimum Gasteiger partial charge on any atom is -0.383 e. The van der Waals surface area contributed by atoms with E-state index in [4.69, 9.17) is 9.47 Å². The predicted molar refractivity (Wildman–Crippen MR) is 80.6 cm³/mol. The van der Waals surface area contributed by atoms with E-state index >= 15 is 0 Å². The SMILES string of the molecule is CCCCCCCC1(CNCCOC)CCOC1C. The van der Waals surface area contributed by atoms with Crippen LogP contribution < -0.4 is 5.32 Å². The molecule has 2 unspecified atom stereocenters. The number of hydrogen-bond donors (Lipinski definition) is 1. The second-order valence-electron chi connectivity index (χ2n) is 5.96. The first-order valence-electron chi connectivity index (χ1n) is 8.06. The third-order valence-corrected chi connectivity index (χ3v) is 4.57. The zero-order valence-corrected chi connectivity index (χ0v) is 13.2. The third-order valence-electron chi connectivity index (χ3n) is 4.57. The summed E-state index contributed by atoms with van der Waals surface area (Å²) in [4.78, 5) is 0. The Kier molecular flexibility index (Phi) is 8.67. The number of methoxy groups -OCH3 is 1. The summed E-state index contributed by atoms with van der Waals surface area (Å²) >= 11 is 0. The van der Waals surface area contributed by atoms with Gasteiger partial charge in [0.1, 0.15) is 0 Å². The molecule has 1 heterocycles. The first-order chi connectivity index (χ1) is 9.25. The summed E-state index contributed by atoms with van der Waals surface area (Å²) in [5.41, 5.74) is 0.361. The Hall–Kier alpha value is -0.120. The van der Waals surface area contributed by atoms with E-state index in [-0.39, 0.29) is 0 Å². The molecule has 114 valence electrons. The molecule has 3 heteroatoms. The van der Waals surface area contributed by atoms with Crippen molar-refractivity contribution in [3.63, 3.8) is 0 Å². The molecule has 3 nitrogen and oxygen atoms in total. The summed E-state index contributed by atoms with van der Waals surface area (Å²) in [7, 11) is 1.76. The Balaban J connectivity index is 2.29. The molecule has 1 rings (SSSR count). The molecule has 0 aromatic rings. The van der Waals surface area contributed by atoms with Gasteiger partial charge in [-0.2, -0.15) is 0 Å². The summed E-state index contributed by atoms with van der Waals surface area (Å²) in [6, 6.07) is 0. The fraction of sp³-hybridized carbons (Fsp3) is 1.00. The molecule has 1 N–H and O–H groups in total. The van der Waals surface area contributed by atoms with Gasteiger partial charge in [0.15, 0.2) is 0 Å². The van der Waals surface area contributed by atoms with E-state index < -0.39 is 0 Å². The molecular formula is C16H33NO2. The summed E-state index contributed by atoms with van der Waals surface area (Å²) in [6.45, 7) is 8.27. The number of rotatable bonds is 11. The standard InChI is InChI=1S/C16H33NO2/c1-4-5-6-7-8-9-16(10-12-19-15(16)2)14-17-11-13-18-3/h15,17H,4-14H2,1-3H3. The van der Waals surface area contributed by atoms with Gasteiger partial charge in [-0.25, -0.2) is 0 Å². The Morgan fingerprint density at radius 1 is 1.26 bits per heavy atom. The van der Waals surface area contributed by atoms with Gasteiger partial charge in [-0.3, -0.25) is 0 Å². The molecule has 0 aromatic carbocycles. The van der Waals surface area contributed by atoms with Crippen molar-refractivity contribution in [1.82, 2.24) is 5.32 Å². The van der Waals surface area contributed by atoms with Crippen LogP contribution in [0.1, 0.15) is 58.8 Å². The lowest BCUT2D eigenvalue weighted by Crippen LogP contribution is -2.40. The first-order valence-corrected chi connectivity index (χ1v) is 8.06. The van der Waals surface area contributed by atoms with Crippen LogP contribution >= 0.6 is 0 Å². The lowest BCUT2D eigenvalue weighted by Gasteiger charge is -2.32. The van der Waals surface area contributed by atoms with Gasteiger partial charge < -0.3 is 14.8 Å². The Morgan fingerprint density at radius 3 is 2.68 bits per heavy atom. The van der Waals surface area contributed by atoms with Crippen molar-refractivity contribution in [2.75, 3.05) is 33.4 Å². The molecule has 0 bridgehead atoms. The van der Waals surface area contributed by atoms with E-state index in [0.717, 1.165) is 26.3 Å². The van der Waals surface area contributed by atoms with Crippen LogP contribution in [0.5, 0.6) is 0 Å². The Labute approximate surface area is 119 Å². The van der Waals surface area contributed by atoms with Crippen LogP contribution in [0.4, 0.5) is 0 Å². The smallest absolute Gasteiger partial charge is 0.0616 e. The molecule has 0 spiro atoms. The van der Waals surface area contributed by atoms with Gasteiger partial charge in [-0.05, 0) is 19.8 Å². The minimum atomic E-state index is 0.361. The Bertz CT molecular complexity index is 223. The van der Waals surface area contributed by atoms with Crippen molar-refractivity contribution in [2.24, 2.45) is 5.41 Å².